The summed E-state index contributed by atoms with van der Waals surface area (Å²) >= 11 is 0. The minimum atomic E-state index is -4.98. The van der Waals surface area contributed by atoms with Gasteiger partial charge in [-0.15, -0.1) is 0 Å². The van der Waals surface area contributed by atoms with Gasteiger partial charge in [0.05, 0.1) is 6.54 Å². The highest BCUT2D eigenvalue weighted by molar-refractivity contribution is 5.56. The van der Waals surface area contributed by atoms with E-state index in [0.29, 0.717) is 6.42 Å². The molecule has 0 aromatic carbocycles. The molecule has 1 aliphatic heterocycles. The molecule has 0 radical (unpaired) electrons. The lowest BCUT2D eigenvalue weighted by Gasteiger charge is -2.25. The topological polar surface area (TPSA) is 99.2 Å². The Morgan fingerprint density at radius 3 is 2.74 bits per heavy atom. The molecule has 27 heavy (non-hydrogen) atoms. The summed E-state index contributed by atoms with van der Waals surface area (Å²) in [6, 6.07) is 1.02. The predicted molar refractivity (Wildman–Crippen MR) is 80.6 cm³/mol. The number of fused-ring (bicyclic) bond motifs is 1. The van der Waals surface area contributed by atoms with Gasteiger partial charge in [0.2, 0.25) is 0 Å². The summed E-state index contributed by atoms with van der Waals surface area (Å²) in [6.07, 6.45) is -6.11. The van der Waals surface area contributed by atoms with E-state index >= 15 is 0 Å². The summed E-state index contributed by atoms with van der Waals surface area (Å²) in [7, 11) is 0. The molecule has 2 unspecified atom stereocenters. The molecule has 0 fully saturated rings. The van der Waals surface area contributed by atoms with Gasteiger partial charge >= 0.3 is 18.0 Å². The third-order valence-corrected chi connectivity index (χ3v) is 4.27. The van der Waals surface area contributed by atoms with Crippen LogP contribution in [0.15, 0.2) is 17.1 Å². The molecule has 3 rings (SSSR count). The molecular formula is C15H14F4N4O4. The Kier molecular flexibility index (Phi) is 4.66. The van der Waals surface area contributed by atoms with Crippen LogP contribution >= 0.6 is 0 Å². The van der Waals surface area contributed by atoms with E-state index in [1.807, 2.05) is 0 Å². The van der Waals surface area contributed by atoms with Crippen LogP contribution < -0.4 is 5.69 Å². The number of halogens is 4. The Labute approximate surface area is 149 Å². The van der Waals surface area contributed by atoms with Gasteiger partial charge in [-0.25, -0.2) is 28.2 Å². The Morgan fingerprint density at radius 1 is 1.41 bits per heavy atom. The maximum absolute atomic E-state index is 14.2. The first-order chi connectivity index (χ1) is 12.6. The van der Waals surface area contributed by atoms with E-state index in [4.69, 9.17) is 9.84 Å². The second kappa shape index (κ2) is 6.67. The summed E-state index contributed by atoms with van der Waals surface area (Å²) < 4.78 is 59.1. The van der Waals surface area contributed by atoms with E-state index in [1.165, 1.54) is 0 Å². The molecule has 146 valence electrons. The Bertz CT molecular complexity index is 937. The molecule has 1 aliphatic rings. The van der Waals surface area contributed by atoms with Crippen molar-refractivity contribution in [2.24, 2.45) is 0 Å². The molecule has 2 aromatic heterocycles. The van der Waals surface area contributed by atoms with Crippen LogP contribution in [-0.2, 0) is 17.5 Å². The lowest BCUT2D eigenvalue weighted by molar-refractivity contribution is -0.143. The summed E-state index contributed by atoms with van der Waals surface area (Å²) in [5, 5.41) is 12.8. The summed E-state index contributed by atoms with van der Waals surface area (Å²) in [4.78, 5) is 26.4. The van der Waals surface area contributed by atoms with Crippen LogP contribution in [0, 0.1) is 5.82 Å². The second-order valence-electron chi connectivity index (χ2n) is 6.12. The van der Waals surface area contributed by atoms with Gasteiger partial charge in [0, 0.05) is 24.1 Å². The van der Waals surface area contributed by atoms with E-state index in [0.717, 1.165) is 21.5 Å². The largest absolute Gasteiger partial charge is 0.507 e. The first-order valence-corrected chi connectivity index (χ1v) is 7.89. The molecule has 2 atom stereocenters. The highest BCUT2D eigenvalue weighted by Gasteiger charge is 2.37. The summed E-state index contributed by atoms with van der Waals surface area (Å²) in [6.45, 7) is 1.19. The van der Waals surface area contributed by atoms with Crippen LogP contribution in [0.1, 0.15) is 49.0 Å². The van der Waals surface area contributed by atoms with Crippen LogP contribution in [0.2, 0.25) is 0 Å². The minimum Gasteiger partial charge on any atom is -0.450 e. The first kappa shape index (κ1) is 18.9. The molecule has 0 saturated heterocycles. The van der Waals surface area contributed by atoms with Crippen LogP contribution in [0.3, 0.4) is 0 Å². The average Bonchev–Trinajstić information content (AvgIpc) is 2.89. The average molecular weight is 390 g/mol. The van der Waals surface area contributed by atoms with Crippen molar-refractivity contribution in [2.45, 2.75) is 44.6 Å². The maximum atomic E-state index is 14.2. The van der Waals surface area contributed by atoms with Gasteiger partial charge < -0.3 is 9.84 Å². The van der Waals surface area contributed by atoms with Crippen molar-refractivity contribution < 1.29 is 32.2 Å². The van der Waals surface area contributed by atoms with Gasteiger partial charge in [-0.05, 0) is 12.5 Å². The minimum absolute atomic E-state index is 0.208. The van der Waals surface area contributed by atoms with Crippen molar-refractivity contribution >= 4 is 6.16 Å². The SMILES string of the molecule is CC1CCC(OC(=O)O)n2c1nn(Cc1ccnc(C(F)(F)F)c1F)c2=O. The van der Waals surface area contributed by atoms with Crippen molar-refractivity contribution in [1.29, 1.82) is 0 Å². The fourth-order valence-electron chi connectivity index (χ4n) is 2.99. The van der Waals surface area contributed by atoms with Gasteiger partial charge in [0.15, 0.2) is 17.7 Å². The smallest absolute Gasteiger partial charge is 0.450 e. The number of pyridine rings is 1. The highest BCUT2D eigenvalue weighted by Crippen LogP contribution is 2.32. The molecule has 3 heterocycles. The zero-order valence-electron chi connectivity index (χ0n) is 13.9. The van der Waals surface area contributed by atoms with E-state index < -0.39 is 47.9 Å². The van der Waals surface area contributed by atoms with E-state index in [-0.39, 0.29) is 18.2 Å². The molecule has 0 spiro atoms. The lowest BCUT2D eigenvalue weighted by Crippen LogP contribution is -2.33. The number of rotatable bonds is 3. The van der Waals surface area contributed by atoms with Crippen LogP contribution in [-0.4, -0.2) is 30.6 Å². The van der Waals surface area contributed by atoms with Crippen LogP contribution in [0.4, 0.5) is 22.4 Å². The molecule has 8 nitrogen and oxygen atoms in total. The van der Waals surface area contributed by atoms with Gasteiger partial charge in [0.1, 0.15) is 5.82 Å². The van der Waals surface area contributed by atoms with Crippen molar-refractivity contribution in [2.75, 3.05) is 0 Å². The van der Waals surface area contributed by atoms with E-state index in [1.54, 1.807) is 6.92 Å². The van der Waals surface area contributed by atoms with Gasteiger partial charge in [-0.3, -0.25) is 0 Å². The maximum Gasteiger partial charge on any atom is 0.507 e. The molecular weight excluding hydrogens is 376 g/mol. The van der Waals surface area contributed by atoms with Gasteiger partial charge in [0.25, 0.3) is 0 Å². The molecule has 0 amide bonds. The molecule has 1 N–H and O–H groups in total. The standard InChI is InChI=1S/C15H14F4N4O4/c1-7-2-3-9(27-14(25)26)23-12(7)21-22(13(23)24)6-8-4-5-20-11(10(8)16)15(17,18)19/h4-5,7,9H,2-3,6H2,1H3,(H,25,26). The number of nitrogens with zero attached hydrogens (tertiary/aromatic N) is 4. The zero-order chi connectivity index (χ0) is 19.9. The van der Waals surface area contributed by atoms with Crippen LogP contribution in [0.5, 0.6) is 0 Å². The molecule has 2 aromatic rings. The highest BCUT2D eigenvalue weighted by atomic mass is 19.4. The van der Waals surface area contributed by atoms with Gasteiger partial charge in [-0.2, -0.15) is 18.3 Å². The summed E-state index contributed by atoms with van der Waals surface area (Å²) in [5.74, 6) is -1.57. The van der Waals surface area contributed by atoms with E-state index in [9.17, 15) is 27.2 Å². The molecule has 0 saturated carbocycles. The Morgan fingerprint density at radius 2 is 2.11 bits per heavy atom. The van der Waals surface area contributed by atoms with Crippen molar-refractivity contribution in [3.63, 3.8) is 0 Å². The number of hydrogen-bond donors (Lipinski definition) is 1. The van der Waals surface area contributed by atoms with Crippen LogP contribution in [0.25, 0.3) is 0 Å². The number of aromatic nitrogens is 4. The Hall–Kier alpha value is -2.92. The van der Waals surface area contributed by atoms with E-state index in [2.05, 4.69) is 10.1 Å². The summed E-state index contributed by atoms with van der Waals surface area (Å²) in [5.41, 5.74) is -2.90. The number of hydrogen-bond acceptors (Lipinski definition) is 5. The van der Waals surface area contributed by atoms with Crippen molar-refractivity contribution in [1.82, 2.24) is 19.3 Å². The third-order valence-electron chi connectivity index (χ3n) is 4.27. The fraction of sp³-hybridized carbons (Fsp3) is 0.467. The fourth-order valence-corrected chi connectivity index (χ4v) is 2.99. The number of ether oxygens (including phenoxy) is 1. The monoisotopic (exact) mass is 390 g/mol. The second-order valence-corrected chi connectivity index (χ2v) is 6.12. The third kappa shape index (κ3) is 3.51. The quantitative estimate of drug-likeness (QED) is 0.639. The number of alkyl halides is 3. The zero-order valence-corrected chi connectivity index (χ0v) is 13.9. The van der Waals surface area contributed by atoms with Crippen molar-refractivity contribution in [3.05, 3.63) is 45.6 Å². The number of carboxylic acid groups (broad SMARTS) is 1. The van der Waals surface area contributed by atoms with Crippen molar-refractivity contribution in [3.8, 4) is 0 Å². The lowest BCUT2D eigenvalue weighted by atomic mass is 10.0. The first-order valence-electron chi connectivity index (χ1n) is 7.89. The predicted octanol–water partition coefficient (Wildman–Crippen LogP) is 2.74. The molecule has 0 bridgehead atoms. The normalized spacial score (nSPS) is 19.6. The molecule has 12 heteroatoms. The Balaban J connectivity index is 2.01. The molecule has 0 aliphatic carbocycles. The van der Waals surface area contributed by atoms with Gasteiger partial charge in [-0.1, -0.05) is 6.92 Å². The number of carbonyl (C=O) groups is 1.